The largest absolute Gasteiger partial charge is 0.379 e. The summed E-state index contributed by atoms with van der Waals surface area (Å²) in [4.78, 5) is 7.05. The maximum atomic E-state index is 5.35. The summed E-state index contributed by atoms with van der Waals surface area (Å²) in [6.07, 6.45) is 5.07. The van der Waals surface area contributed by atoms with Crippen LogP contribution in [0.25, 0.3) is 0 Å². The summed E-state index contributed by atoms with van der Waals surface area (Å²) in [7, 11) is 0. The Bertz CT molecular complexity index is 258. The molecule has 1 fully saturated rings. The average molecular weight is 412 g/mol. The van der Waals surface area contributed by atoms with E-state index in [0.29, 0.717) is 0 Å². The van der Waals surface area contributed by atoms with Crippen LogP contribution in [0.2, 0.25) is 0 Å². The van der Waals surface area contributed by atoms with E-state index in [4.69, 9.17) is 4.74 Å². The fourth-order valence-corrected chi connectivity index (χ4v) is 2.23. The number of aliphatic imine (C=N–C) groups is 1. The Balaban J connectivity index is 0.00000400. The predicted molar refractivity (Wildman–Crippen MR) is 101 cm³/mol. The van der Waals surface area contributed by atoms with Gasteiger partial charge in [0.1, 0.15) is 0 Å². The van der Waals surface area contributed by atoms with Crippen LogP contribution in [0.1, 0.15) is 39.5 Å². The minimum Gasteiger partial charge on any atom is -0.379 e. The van der Waals surface area contributed by atoms with E-state index < -0.39 is 0 Å². The summed E-state index contributed by atoms with van der Waals surface area (Å²) in [5.74, 6) is 0.956. The SMILES string of the molecule is CCCCCCN=C(NCC)NCCN1CCOCC1.I. The Morgan fingerprint density at radius 3 is 2.52 bits per heavy atom. The highest BCUT2D eigenvalue weighted by molar-refractivity contribution is 14.0. The average Bonchev–Trinajstić information content (AvgIpc) is 2.48. The first-order chi connectivity index (χ1) is 9.86. The standard InChI is InChI=1S/C15H32N4O.HI/c1-3-5-6-7-8-17-15(16-4-2)18-9-10-19-11-13-20-14-12-19;/h3-14H2,1-2H3,(H2,16,17,18);1H. The molecular weight excluding hydrogens is 379 g/mol. The second-order valence-corrected chi connectivity index (χ2v) is 5.20. The van der Waals surface area contributed by atoms with Gasteiger partial charge in [-0.25, -0.2) is 0 Å². The zero-order valence-corrected chi connectivity index (χ0v) is 16.0. The van der Waals surface area contributed by atoms with E-state index in [0.717, 1.165) is 58.4 Å². The highest BCUT2D eigenvalue weighted by atomic mass is 127. The number of halogens is 1. The first kappa shape index (κ1) is 20.9. The Morgan fingerprint density at radius 2 is 1.86 bits per heavy atom. The molecule has 6 heteroatoms. The molecule has 0 saturated carbocycles. The van der Waals surface area contributed by atoms with Crippen LogP contribution >= 0.6 is 24.0 Å². The Labute approximate surface area is 147 Å². The maximum absolute atomic E-state index is 5.35. The number of hydrogen-bond donors (Lipinski definition) is 2. The maximum Gasteiger partial charge on any atom is 0.191 e. The van der Waals surface area contributed by atoms with E-state index in [-0.39, 0.29) is 24.0 Å². The predicted octanol–water partition coefficient (Wildman–Crippen LogP) is 2.07. The van der Waals surface area contributed by atoms with Gasteiger partial charge in [0.15, 0.2) is 5.96 Å². The highest BCUT2D eigenvalue weighted by Gasteiger charge is 2.09. The van der Waals surface area contributed by atoms with Crippen LogP contribution in [0.3, 0.4) is 0 Å². The molecule has 126 valence electrons. The van der Waals surface area contributed by atoms with Crippen LogP contribution in [0.5, 0.6) is 0 Å². The zero-order valence-electron chi connectivity index (χ0n) is 13.7. The van der Waals surface area contributed by atoms with Crippen LogP contribution in [0, 0.1) is 0 Å². The highest BCUT2D eigenvalue weighted by Crippen LogP contribution is 1.98. The van der Waals surface area contributed by atoms with Crippen molar-refractivity contribution in [1.29, 1.82) is 0 Å². The van der Waals surface area contributed by atoms with Crippen molar-refractivity contribution in [2.45, 2.75) is 39.5 Å². The molecule has 1 aliphatic rings. The van der Waals surface area contributed by atoms with Gasteiger partial charge < -0.3 is 15.4 Å². The lowest BCUT2D eigenvalue weighted by Crippen LogP contribution is -2.44. The molecule has 0 amide bonds. The molecule has 5 nitrogen and oxygen atoms in total. The lowest BCUT2D eigenvalue weighted by molar-refractivity contribution is 0.0389. The molecule has 0 unspecified atom stereocenters. The van der Waals surface area contributed by atoms with Gasteiger partial charge in [-0.3, -0.25) is 9.89 Å². The van der Waals surface area contributed by atoms with E-state index in [2.05, 4.69) is 34.4 Å². The zero-order chi connectivity index (χ0) is 14.5. The molecular formula is C15H33IN4O. The van der Waals surface area contributed by atoms with Gasteiger partial charge >= 0.3 is 0 Å². The number of nitrogens with one attached hydrogen (secondary N) is 2. The number of ether oxygens (including phenoxy) is 1. The molecule has 2 N–H and O–H groups in total. The van der Waals surface area contributed by atoms with Crippen LogP contribution in [0.15, 0.2) is 4.99 Å². The molecule has 0 bridgehead atoms. The van der Waals surface area contributed by atoms with Gasteiger partial charge in [-0.1, -0.05) is 26.2 Å². The molecule has 0 aromatic rings. The number of hydrogen-bond acceptors (Lipinski definition) is 3. The molecule has 0 radical (unpaired) electrons. The molecule has 0 aliphatic carbocycles. The van der Waals surface area contributed by atoms with Crippen LogP contribution in [0.4, 0.5) is 0 Å². The van der Waals surface area contributed by atoms with Gasteiger partial charge in [-0.2, -0.15) is 0 Å². The van der Waals surface area contributed by atoms with Gasteiger partial charge in [0, 0.05) is 39.3 Å². The van der Waals surface area contributed by atoms with E-state index >= 15 is 0 Å². The van der Waals surface area contributed by atoms with Gasteiger partial charge in [0.2, 0.25) is 0 Å². The van der Waals surface area contributed by atoms with E-state index in [9.17, 15) is 0 Å². The fraction of sp³-hybridized carbons (Fsp3) is 0.933. The minimum atomic E-state index is 0. The second kappa shape index (κ2) is 14.8. The Morgan fingerprint density at radius 1 is 1.10 bits per heavy atom. The fourth-order valence-electron chi connectivity index (χ4n) is 2.23. The van der Waals surface area contributed by atoms with E-state index in [1.165, 1.54) is 25.7 Å². The lowest BCUT2D eigenvalue weighted by atomic mass is 10.2. The Hall–Kier alpha value is -0.0800. The molecule has 0 aromatic heterocycles. The summed E-state index contributed by atoms with van der Waals surface area (Å²) in [6, 6.07) is 0. The smallest absolute Gasteiger partial charge is 0.191 e. The van der Waals surface area contributed by atoms with Crippen LogP contribution in [-0.2, 0) is 4.74 Å². The third-order valence-corrected chi connectivity index (χ3v) is 3.45. The normalized spacial score (nSPS) is 16.4. The number of rotatable bonds is 9. The summed E-state index contributed by atoms with van der Waals surface area (Å²) < 4.78 is 5.35. The summed E-state index contributed by atoms with van der Waals surface area (Å²) >= 11 is 0. The third-order valence-electron chi connectivity index (χ3n) is 3.45. The van der Waals surface area contributed by atoms with Crippen molar-refractivity contribution < 1.29 is 4.74 Å². The first-order valence-corrected chi connectivity index (χ1v) is 8.19. The summed E-state index contributed by atoms with van der Waals surface area (Å²) in [5.41, 5.74) is 0. The van der Waals surface area contributed by atoms with Crippen LogP contribution in [-0.4, -0.2) is 63.3 Å². The van der Waals surface area contributed by atoms with Crippen molar-refractivity contribution in [3.63, 3.8) is 0 Å². The number of nitrogens with zero attached hydrogens (tertiary/aromatic N) is 2. The van der Waals surface area contributed by atoms with Gasteiger partial charge in [-0.05, 0) is 13.3 Å². The minimum absolute atomic E-state index is 0. The van der Waals surface area contributed by atoms with Crippen molar-refractivity contribution in [2.75, 3.05) is 52.5 Å². The molecule has 1 saturated heterocycles. The molecule has 1 aliphatic heterocycles. The topological polar surface area (TPSA) is 48.9 Å². The van der Waals surface area contributed by atoms with Gasteiger partial charge in [0.25, 0.3) is 0 Å². The van der Waals surface area contributed by atoms with Crippen molar-refractivity contribution in [1.82, 2.24) is 15.5 Å². The molecule has 0 spiro atoms. The molecule has 1 heterocycles. The quantitative estimate of drug-likeness (QED) is 0.264. The monoisotopic (exact) mass is 412 g/mol. The summed E-state index contributed by atoms with van der Waals surface area (Å²) in [6.45, 7) is 12.0. The van der Waals surface area contributed by atoms with Gasteiger partial charge in [-0.15, -0.1) is 24.0 Å². The number of unbranched alkanes of at least 4 members (excludes halogenated alkanes) is 3. The van der Waals surface area contributed by atoms with Gasteiger partial charge in [0.05, 0.1) is 13.2 Å². The van der Waals surface area contributed by atoms with Crippen molar-refractivity contribution in [3.05, 3.63) is 0 Å². The number of guanidine groups is 1. The van der Waals surface area contributed by atoms with Crippen molar-refractivity contribution in [3.8, 4) is 0 Å². The summed E-state index contributed by atoms with van der Waals surface area (Å²) in [5, 5.41) is 6.72. The molecule has 21 heavy (non-hydrogen) atoms. The molecule has 0 aromatic carbocycles. The lowest BCUT2D eigenvalue weighted by Gasteiger charge is -2.26. The second-order valence-electron chi connectivity index (χ2n) is 5.20. The van der Waals surface area contributed by atoms with Crippen LogP contribution < -0.4 is 10.6 Å². The first-order valence-electron chi connectivity index (χ1n) is 8.19. The van der Waals surface area contributed by atoms with Crippen molar-refractivity contribution >= 4 is 29.9 Å². The van der Waals surface area contributed by atoms with E-state index in [1.54, 1.807) is 0 Å². The molecule has 0 atom stereocenters. The van der Waals surface area contributed by atoms with E-state index in [1.807, 2.05) is 0 Å². The van der Waals surface area contributed by atoms with Crippen molar-refractivity contribution in [2.24, 2.45) is 4.99 Å². The third kappa shape index (κ3) is 11.2. The molecule has 1 rings (SSSR count). The Kier molecular flexibility index (Phi) is 14.8. The number of morpholine rings is 1.